The topological polar surface area (TPSA) is 83.1 Å². The summed E-state index contributed by atoms with van der Waals surface area (Å²) in [6.45, 7) is 9.27. The molecule has 2 aliphatic heterocycles. The minimum Gasteiger partial charge on any atom is -0.379 e. The number of morpholine rings is 1. The van der Waals surface area contributed by atoms with Gasteiger partial charge in [0.05, 0.1) is 33.3 Å². The number of nitrogens with zero attached hydrogens (tertiary/aromatic N) is 4. The molecule has 2 saturated heterocycles. The molecule has 2 aliphatic rings. The SMILES string of the molecule is Cc1ccc(S(=O)(=O)N2CCC(C(=O)N(CCCN3CCOCC3)c3nc4c(C)ccc(Cl)c4s3)CC2)cc1. The predicted octanol–water partition coefficient (Wildman–Crippen LogP) is 4.72. The van der Waals surface area contributed by atoms with E-state index in [1.54, 1.807) is 12.1 Å². The van der Waals surface area contributed by atoms with E-state index in [9.17, 15) is 13.2 Å². The largest absolute Gasteiger partial charge is 0.379 e. The number of thiazole rings is 1. The van der Waals surface area contributed by atoms with Crippen molar-refractivity contribution >= 4 is 54.2 Å². The average molecular weight is 591 g/mol. The monoisotopic (exact) mass is 590 g/mol. The number of amides is 1. The van der Waals surface area contributed by atoms with E-state index in [0.29, 0.717) is 47.5 Å². The van der Waals surface area contributed by atoms with Gasteiger partial charge in [-0.1, -0.05) is 46.7 Å². The first-order valence-electron chi connectivity index (χ1n) is 13.5. The summed E-state index contributed by atoms with van der Waals surface area (Å²) in [6, 6.07) is 10.7. The number of benzene rings is 2. The van der Waals surface area contributed by atoms with Gasteiger partial charge < -0.3 is 4.74 Å². The summed E-state index contributed by atoms with van der Waals surface area (Å²) in [7, 11) is -3.59. The summed E-state index contributed by atoms with van der Waals surface area (Å²) < 4.78 is 34.2. The second-order valence-electron chi connectivity index (χ2n) is 10.3. The van der Waals surface area contributed by atoms with E-state index in [0.717, 1.165) is 60.6 Å². The number of carbonyl (C=O) groups excluding carboxylic acids is 1. The summed E-state index contributed by atoms with van der Waals surface area (Å²) in [6.07, 6.45) is 1.78. The number of hydrogen-bond acceptors (Lipinski definition) is 7. The highest BCUT2D eigenvalue weighted by atomic mass is 35.5. The van der Waals surface area contributed by atoms with Crippen LogP contribution in [0.3, 0.4) is 0 Å². The highest BCUT2D eigenvalue weighted by Crippen LogP contribution is 2.37. The number of halogens is 1. The van der Waals surface area contributed by atoms with Gasteiger partial charge in [0, 0.05) is 45.2 Å². The molecule has 11 heteroatoms. The van der Waals surface area contributed by atoms with E-state index in [1.165, 1.54) is 15.6 Å². The molecule has 0 atom stereocenters. The minimum absolute atomic E-state index is 0.0113. The third-order valence-electron chi connectivity index (χ3n) is 7.60. The van der Waals surface area contributed by atoms with Gasteiger partial charge in [0.1, 0.15) is 0 Å². The van der Waals surface area contributed by atoms with Crippen molar-refractivity contribution in [2.75, 3.05) is 57.4 Å². The number of ether oxygens (including phenoxy) is 1. The van der Waals surface area contributed by atoms with E-state index in [4.69, 9.17) is 21.3 Å². The first-order valence-corrected chi connectivity index (χ1v) is 16.1. The van der Waals surface area contributed by atoms with Crippen LogP contribution >= 0.6 is 22.9 Å². The molecule has 0 radical (unpaired) electrons. The van der Waals surface area contributed by atoms with E-state index in [-0.39, 0.29) is 11.8 Å². The molecule has 1 aromatic heterocycles. The van der Waals surface area contributed by atoms with E-state index in [2.05, 4.69) is 4.90 Å². The van der Waals surface area contributed by atoms with Gasteiger partial charge in [0.2, 0.25) is 15.9 Å². The van der Waals surface area contributed by atoms with Crippen LogP contribution in [0.15, 0.2) is 41.3 Å². The second kappa shape index (κ2) is 12.2. The molecular formula is C28H35ClN4O4S2. The summed E-state index contributed by atoms with van der Waals surface area (Å²) in [5.74, 6) is -0.251. The maximum atomic E-state index is 13.9. The van der Waals surface area contributed by atoms with Crippen LogP contribution in [-0.2, 0) is 19.6 Å². The number of aryl methyl sites for hydroxylation is 2. The molecule has 0 N–H and O–H groups in total. The lowest BCUT2D eigenvalue weighted by Gasteiger charge is -2.33. The molecule has 0 spiro atoms. The van der Waals surface area contributed by atoms with E-state index >= 15 is 0 Å². The molecule has 2 aromatic carbocycles. The highest BCUT2D eigenvalue weighted by Gasteiger charge is 2.35. The molecule has 2 fully saturated rings. The lowest BCUT2D eigenvalue weighted by Crippen LogP contribution is -2.45. The first kappa shape index (κ1) is 28.4. The quantitative estimate of drug-likeness (QED) is 0.377. The molecule has 210 valence electrons. The van der Waals surface area contributed by atoms with Crippen LogP contribution in [0.5, 0.6) is 0 Å². The fourth-order valence-electron chi connectivity index (χ4n) is 5.21. The molecule has 5 rings (SSSR count). The van der Waals surface area contributed by atoms with Crippen LogP contribution < -0.4 is 4.90 Å². The van der Waals surface area contributed by atoms with Gasteiger partial charge in [-0.3, -0.25) is 14.6 Å². The smallest absolute Gasteiger partial charge is 0.243 e. The number of carbonyl (C=O) groups is 1. The second-order valence-corrected chi connectivity index (χ2v) is 13.6. The van der Waals surface area contributed by atoms with Crippen LogP contribution in [-0.4, -0.2) is 81.0 Å². The van der Waals surface area contributed by atoms with Crippen molar-refractivity contribution in [3.05, 3.63) is 52.5 Å². The van der Waals surface area contributed by atoms with Gasteiger partial charge in [-0.05, 0) is 56.9 Å². The minimum atomic E-state index is -3.59. The molecule has 0 bridgehead atoms. The fraction of sp³-hybridized carbons (Fsp3) is 0.500. The standard InChI is InChI=1S/C28H35ClN4O4S2/c1-20-4-7-23(8-5-20)39(35,36)32-14-10-22(11-15-32)27(34)33(13-3-12-31-16-18-37-19-17-31)28-30-25-21(2)6-9-24(29)26(25)38-28/h4-9,22H,3,10-19H2,1-2H3. The molecule has 0 saturated carbocycles. The number of aromatic nitrogens is 1. The Morgan fingerprint density at radius 2 is 1.77 bits per heavy atom. The third-order valence-corrected chi connectivity index (χ3v) is 11.1. The predicted molar refractivity (Wildman–Crippen MR) is 156 cm³/mol. The van der Waals surface area contributed by atoms with Crippen molar-refractivity contribution in [1.29, 1.82) is 0 Å². The summed E-state index contributed by atoms with van der Waals surface area (Å²) in [4.78, 5) is 23.3. The highest BCUT2D eigenvalue weighted by molar-refractivity contribution is 7.89. The maximum absolute atomic E-state index is 13.9. The fourth-order valence-corrected chi connectivity index (χ4v) is 8.02. The molecule has 39 heavy (non-hydrogen) atoms. The van der Waals surface area contributed by atoms with Crippen LogP contribution in [0.25, 0.3) is 10.2 Å². The zero-order chi connectivity index (χ0) is 27.6. The molecule has 3 heterocycles. The van der Waals surface area contributed by atoms with Crippen molar-refractivity contribution in [3.8, 4) is 0 Å². The normalized spacial score (nSPS) is 18.0. The number of sulfonamides is 1. The zero-order valence-electron chi connectivity index (χ0n) is 22.4. The van der Waals surface area contributed by atoms with Crippen molar-refractivity contribution in [3.63, 3.8) is 0 Å². The molecule has 1 amide bonds. The van der Waals surface area contributed by atoms with E-state index in [1.807, 2.05) is 43.0 Å². The van der Waals surface area contributed by atoms with Crippen LogP contribution in [0.4, 0.5) is 5.13 Å². The van der Waals surface area contributed by atoms with Crippen LogP contribution in [0.2, 0.25) is 5.02 Å². The number of piperidine rings is 1. The Labute approximate surface area is 239 Å². The average Bonchev–Trinajstić information content (AvgIpc) is 3.40. The number of rotatable bonds is 8. The van der Waals surface area contributed by atoms with Crippen LogP contribution in [0, 0.1) is 19.8 Å². The van der Waals surface area contributed by atoms with Gasteiger partial charge in [0.15, 0.2) is 5.13 Å². The summed E-state index contributed by atoms with van der Waals surface area (Å²) in [5, 5.41) is 1.29. The Kier molecular flexibility index (Phi) is 8.90. The Morgan fingerprint density at radius 3 is 2.44 bits per heavy atom. The molecular weight excluding hydrogens is 556 g/mol. The van der Waals surface area contributed by atoms with Crippen molar-refractivity contribution in [2.24, 2.45) is 5.92 Å². The van der Waals surface area contributed by atoms with Crippen LogP contribution in [0.1, 0.15) is 30.4 Å². The molecule has 0 aliphatic carbocycles. The summed E-state index contributed by atoms with van der Waals surface area (Å²) in [5.41, 5.74) is 2.86. The Hall–Kier alpha value is -2.08. The van der Waals surface area contributed by atoms with Gasteiger partial charge in [-0.25, -0.2) is 13.4 Å². The van der Waals surface area contributed by atoms with Gasteiger partial charge >= 0.3 is 0 Å². The van der Waals surface area contributed by atoms with Crippen molar-refractivity contribution < 1.29 is 17.9 Å². The lowest BCUT2D eigenvalue weighted by atomic mass is 9.96. The third kappa shape index (κ3) is 6.31. The van der Waals surface area contributed by atoms with Crippen molar-refractivity contribution in [2.45, 2.75) is 38.0 Å². The Balaban J connectivity index is 1.32. The Morgan fingerprint density at radius 1 is 1.08 bits per heavy atom. The maximum Gasteiger partial charge on any atom is 0.243 e. The molecule has 8 nitrogen and oxygen atoms in total. The summed E-state index contributed by atoms with van der Waals surface area (Å²) >= 11 is 7.94. The van der Waals surface area contributed by atoms with Gasteiger partial charge in [-0.2, -0.15) is 4.31 Å². The first-order chi connectivity index (χ1) is 18.7. The number of hydrogen-bond donors (Lipinski definition) is 0. The number of fused-ring (bicyclic) bond motifs is 1. The lowest BCUT2D eigenvalue weighted by molar-refractivity contribution is -0.123. The van der Waals surface area contributed by atoms with Crippen molar-refractivity contribution in [1.82, 2.24) is 14.2 Å². The zero-order valence-corrected chi connectivity index (χ0v) is 24.8. The molecule has 0 unspecified atom stereocenters. The molecule has 3 aromatic rings. The van der Waals surface area contributed by atoms with Gasteiger partial charge in [0.25, 0.3) is 0 Å². The van der Waals surface area contributed by atoms with Gasteiger partial charge in [-0.15, -0.1) is 0 Å². The Bertz CT molecular complexity index is 1370. The van der Waals surface area contributed by atoms with E-state index < -0.39 is 10.0 Å². The number of anilines is 1.